The van der Waals surface area contributed by atoms with Gasteiger partial charge in [-0.05, 0) is 29.8 Å². The highest BCUT2D eigenvalue weighted by Crippen LogP contribution is 2.40. The molecular formula is C14H11ClN2O2S. The highest BCUT2D eigenvalue weighted by atomic mass is 35.5. The molecule has 0 unspecified atom stereocenters. The predicted molar refractivity (Wildman–Crippen MR) is 81.2 cm³/mol. The van der Waals surface area contributed by atoms with E-state index in [1.54, 1.807) is 7.11 Å². The van der Waals surface area contributed by atoms with E-state index in [1.807, 2.05) is 36.4 Å². The second kappa shape index (κ2) is 5.19. The number of hydrogen-bond donors (Lipinski definition) is 1. The molecule has 6 heteroatoms. The number of ether oxygens (including phenoxy) is 1. The van der Waals surface area contributed by atoms with Gasteiger partial charge in [0.2, 0.25) is 5.88 Å². The largest absolute Gasteiger partial charge is 0.497 e. The molecule has 102 valence electrons. The van der Waals surface area contributed by atoms with Crippen molar-refractivity contribution in [3.63, 3.8) is 0 Å². The Morgan fingerprint density at radius 2 is 2.15 bits per heavy atom. The summed E-state index contributed by atoms with van der Waals surface area (Å²) in [5.74, 6) is 1.02. The van der Waals surface area contributed by atoms with E-state index >= 15 is 0 Å². The normalized spacial score (nSPS) is 10.7. The first-order chi connectivity index (χ1) is 9.69. The van der Waals surface area contributed by atoms with Crippen LogP contribution in [0.5, 0.6) is 5.75 Å². The maximum atomic E-state index is 5.97. The molecule has 0 fully saturated rings. The number of halogens is 1. The summed E-state index contributed by atoms with van der Waals surface area (Å²) in [5, 5.41) is 4.04. The van der Waals surface area contributed by atoms with Gasteiger partial charge in [0.15, 0.2) is 0 Å². The number of benzene rings is 1. The van der Waals surface area contributed by atoms with Crippen molar-refractivity contribution in [2.75, 3.05) is 12.8 Å². The Kier molecular flexibility index (Phi) is 3.38. The zero-order valence-electron chi connectivity index (χ0n) is 10.6. The molecule has 0 saturated carbocycles. The first-order valence-electron chi connectivity index (χ1n) is 5.84. The first-order valence-corrected chi connectivity index (χ1v) is 7.04. The van der Waals surface area contributed by atoms with Crippen molar-refractivity contribution >= 4 is 28.8 Å². The van der Waals surface area contributed by atoms with E-state index in [-0.39, 0.29) is 5.88 Å². The SMILES string of the molecule is COc1cccc(-c2c(-c3ccc(Cl)s3)noc2N)c1. The Morgan fingerprint density at radius 1 is 1.30 bits per heavy atom. The fourth-order valence-electron chi connectivity index (χ4n) is 1.97. The summed E-state index contributed by atoms with van der Waals surface area (Å²) in [6.45, 7) is 0. The minimum absolute atomic E-state index is 0.276. The van der Waals surface area contributed by atoms with E-state index in [0.717, 1.165) is 21.8 Å². The summed E-state index contributed by atoms with van der Waals surface area (Å²) >= 11 is 7.40. The predicted octanol–water partition coefficient (Wildman–Crippen LogP) is 4.31. The minimum Gasteiger partial charge on any atom is -0.497 e. The lowest BCUT2D eigenvalue weighted by Gasteiger charge is -2.04. The molecule has 0 amide bonds. The number of nitrogens with two attached hydrogens (primary N) is 1. The topological polar surface area (TPSA) is 61.3 Å². The monoisotopic (exact) mass is 306 g/mol. The zero-order chi connectivity index (χ0) is 14.1. The van der Waals surface area contributed by atoms with Crippen LogP contribution in [0.25, 0.3) is 21.7 Å². The van der Waals surface area contributed by atoms with Crippen molar-refractivity contribution < 1.29 is 9.26 Å². The van der Waals surface area contributed by atoms with Gasteiger partial charge >= 0.3 is 0 Å². The summed E-state index contributed by atoms with van der Waals surface area (Å²) in [4.78, 5) is 0.910. The van der Waals surface area contributed by atoms with Crippen molar-refractivity contribution in [3.05, 3.63) is 40.7 Å². The van der Waals surface area contributed by atoms with E-state index < -0.39 is 0 Å². The van der Waals surface area contributed by atoms with Crippen LogP contribution in [0.2, 0.25) is 4.34 Å². The second-order valence-electron chi connectivity index (χ2n) is 4.11. The Hall–Kier alpha value is -1.98. The lowest BCUT2D eigenvalue weighted by molar-refractivity contribution is 0.415. The van der Waals surface area contributed by atoms with E-state index in [4.69, 9.17) is 26.6 Å². The van der Waals surface area contributed by atoms with Gasteiger partial charge in [-0.2, -0.15) is 0 Å². The van der Waals surface area contributed by atoms with Crippen LogP contribution in [-0.4, -0.2) is 12.3 Å². The van der Waals surface area contributed by atoms with Gasteiger partial charge in [-0.1, -0.05) is 28.9 Å². The average molecular weight is 307 g/mol. The quantitative estimate of drug-likeness (QED) is 0.783. The molecule has 3 aromatic rings. The first kappa shape index (κ1) is 13.0. The highest BCUT2D eigenvalue weighted by molar-refractivity contribution is 7.19. The van der Waals surface area contributed by atoms with Crippen LogP contribution in [0.4, 0.5) is 5.88 Å². The second-order valence-corrected chi connectivity index (χ2v) is 5.82. The van der Waals surface area contributed by atoms with Crippen molar-refractivity contribution in [2.45, 2.75) is 0 Å². The van der Waals surface area contributed by atoms with Crippen molar-refractivity contribution in [2.24, 2.45) is 0 Å². The van der Waals surface area contributed by atoms with E-state index in [2.05, 4.69) is 5.16 Å². The third-order valence-electron chi connectivity index (χ3n) is 2.88. The molecule has 0 atom stereocenters. The van der Waals surface area contributed by atoms with Crippen LogP contribution in [0.3, 0.4) is 0 Å². The number of hydrogen-bond acceptors (Lipinski definition) is 5. The maximum Gasteiger partial charge on any atom is 0.230 e. The summed E-state index contributed by atoms with van der Waals surface area (Å²) in [5.41, 5.74) is 8.24. The van der Waals surface area contributed by atoms with Crippen LogP contribution in [-0.2, 0) is 0 Å². The number of nitrogen functional groups attached to an aromatic ring is 1. The fraction of sp³-hybridized carbons (Fsp3) is 0.0714. The van der Waals surface area contributed by atoms with Gasteiger partial charge in [-0.25, -0.2) is 0 Å². The molecule has 0 spiro atoms. The summed E-state index contributed by atoms with van der Waals surface area (Å²) < 4.78 is 11.1. The van der Waals surface area contributed by atoms with Crippen molar-refractivity contribution in [1.29, 1.82) is 0 Å². The highest BCUT2D eigenvalue weighted by Gasteiger charge is 2.19. The standard InChI is InChI=1S/C14H11ClN2O2S/c1-18-9-4-2-3-8(7-9)12-13(17-19-14(12)16)10-5-6-11(15)20-10/h2-7H,16H2,1H3. The third-order valence-corrected chi connectivity index (χ3v) is 4.12. The number of rotatable bonds is 3. The Bertz CT molecular complexity index is 751. The number of anilines is 1. The fourth-order valence-corrected chi connectivity index (χ4v) is 3.00. The van der Waals surface area contributed by atoms with Crippen LogP contribution >= 0.6 is 22.9 Å². The number of nitrogens with zero attached hydrogens (tertiary/aromatic N) is 1. The molecule has 0 aliphatic rings. The van der Waals surface area contributed by atoms with Crippen LogP contribution in [0.15, 0.2) is 40.9 Å². The minimum atomic E-state index is 0.276. The molecule has 0 radical (unpaired) electrons. The molecule has 3 rings (SSSR count). The molecule has 0 saturated heterocycles. The molecule has 2 N–H and O–H groups in total. The maximum absolute atomic E-state index is 5.97. The van der Waals surface area contributed by atoms with Crippen molar-refractivity contribution in [3.8, 4) is 27.4 Å². The van der Waals surface area contributed by atoms with Crippen LogP contribution in [0.1, 0.15) is 0 Å². The van der Waals surface area contributed by atoms with E-state index in [0.29, 0.717) is 10.0 Å². The lowest BCUT2D eigenvalue weighted by atomic mass is 10.0. The van der Waals surface area contributed by atoms with E-state index in [1.165, 1.54) is 11.3 Å². The summed E-state index contributed by atoms with van der Waals surface area (Å²) in [6.07, 6.45) is 0. The molecule has 2 heterocycles. The number of aromatic nitrogens is 1. The lowest BCUT2D eigenvalue weighted by Crippen LogP contribution is -1.88. The molecule has 0 bridgehead atoms. The van der Waals surface area contributed by atoms with Gasteiger partial charge in [-0.15, -0.1) is 11.3 Å². The Labute approximate surface area is 124 Å². The molecule has 0 aliphatic heterocycles. The molecular weight excluding hydrogens is 296 g/mol. The number of thiophene rings is 1. The van der Waals surface area contributed by atoms with Crippen LogP contribution < -0.4 is 10.5 Å². The third kappa shape index (κ3) is 2.26. The molecule has 2 aromatic heterocycles. The summed E-state index contributed by atoms with van der Waals surface area (Å²) in [7, 11) is 1.62. The average Bonchev–Trinajstić information content (AvgIpc) is 3.05. The Morgan fingerprint density at radius 3 is 2.85 bits per heavy atom. The van der Waals surface area contributed by atoms with Crippen LogP contribution in [0, 0.1) is 0 Å². The molecule has 4 nitrogen and oxygen atoms in total. The molecule has 1 aromatic carbocycles. The van der Waals surface area contributed by atoms with Gasteiger partial charge in [0.1, 0.15) is 11.4 Å². The van der Waals surface area contributed by atoms with Gasteiger partial charge in [-0.3, -0.25) is 0 Å². The Balaban J connectivity index is 2.15. The van der Waals surface area contributed by atoms with Gasteiger partial charge in [0.05, 0.1) is 21.9 Å². The van der Waals surface area contributed by atoms with Gasteiger partial charge in [0, 0.05) is 0 Å². The molecule has 20 heavy (non-hydrogen) atoms. The van der Waals surface area contributed by atoms with Crippen molar-refractivity contribution in [1.82, 2.24) is 5.16 Å². The molecule has 0 aliphatic carbocycles. The van der Waals surface area contributed by atoms with E-state index in [9.17, 15) is 0 Å². The van der Waals surface area contributed by atoms with Gasteiger partial charge in [0.25, 0.3) is 0 Å². The smallest absolute Gasteiger partial charge is 0.230 e. The van der Waals surface area contributed by atoms with Gasteiger partial charge < -0.3 is 15.0 Å². The summed E-state index contributed by atoms with van der Waals surface area (Å²) in [6, 6.07) is 11.3. The number of methoxy groups -OCH3 is 1. The zero-order valence-corrected chi connectivity index (χ0v) is 12.2.